The van der Waals surface area contributed by atoms with E-state index in [0.717, 1.165) is 116 Å². The molecule has 0 aromatic rings. The van der Waals surface area contributed by atoms with Crippen molar-refractivity contribution >= 4 is 11.9 Å². The number of esters is 1. The summed E-state index contributed by atoms with van der Waals surface area (Å²) in [6.45, 7) is 6.28. The minimum absolute atomic E-state index is 0.0468. The molecule has 0 bridgehead atoms. The van der Waals surface area contributed by atoms with Crippen LogP contribution in [0, 0.1) is 0 Å². The van der Waals surface area contributed by atoms with Gasteiger partial charge in [0.25, 0.3) is 0 Å². The maximum atomic E-state index is 13.2. The number of hydrogen-bond acceptors (Lipinski definition) is 5. The van der Waals surface area contributed by atoms with Crippen molar-refractivity contribution < 1.29 is 24.5 Å². The fraction of sp³-hybridized carbons (Fsp3) is 0.700. The molecule has 0 aliphatic rings. The second kappa shape index (κ2) is 52.7. The predicted octanol–water partition coefficient (Wildman–Crippen LogP) is 16.9. The Labute approximate surface area is 407 Å². The fourth-order valence-electron chi connectivity index (χ4n) is 7.89. The molecule has 6 heteroatoms. The number of allylic oxidation sites excluding steroid dienone is 16. The van der Waals surface area contributed by atoms with E-state index in [4.69, 9.17) is 4.74 Å². The lowest BCUT2D eigenvalue weighted by atomic mass is 10.0. The highest BCUT2D eigenvalue weighted by Crippen LogP contribution is 2.18. The summed E-state index contributed by atoms with van der Waals surface area (Å²) in [4.78, 5) is 26.2. The molecule has 0 fully saturated rings. The van der Waals surface area contributed by atoms with Crippen LogP contribution in [0.25, 0.3) is 0 Å². The zero-order valence-electron chi connectivity index (χ0n) is 43.0. The van der Waals surface area contributed by atoms with Crippen LogP contribution >= 0.6 is 0 Å². The smallest absolute Gasteiger partial charge is 0.306 e. The first-order chi connectivity index (χ1) is 32.5. The number of nitrogens with one attached hydrogen (secondary N) is 1. The van der Waals surface area contributed by atoms with Gasteiger partial charge in [0.05, 0.1) is 25.2 Å². The van der Waals surface area contributed by atoms with E-state index in [1.165, 1.54) is 83.5 Å². The summed E-state index contributed by atoms with van der Waals surface area (Å²) in [6, 6.07) is -0.721. The summed E-state index contributed by atoms with van der Waals surface area (Å²) in [5, 5.41) is 23.8. The van der Waals surface area contributed by atoms with Crippen LogP contribution in [0.15, 0.2) is 97.2 Å². The largest absolute Gasteiger partial charge is 0.462 e. The third-order valence-corrected chi connectivity index (χ3v) is 12.0. The van der Waals surface area contributed by atoms with Gasteiger partial charge in [0.1, 0.15) is 6.10 Å². The zero-order chi connectivity index (χ0) is 48.1. The van der Waals surface area contributed by atoms with Crippen LogP contribution < -0.4 is 5.32 Å². The summed E-state index contributed by atoms with van der Waals surface area (Å²) in [5.74, 6) is -0.528. The number of hydrogen-bond donors (Lipinski definition) is 3. The van der Waals surface area contributed by atoms with Gasteiger partial charge in [-0.25, -0.2) is 0 Å². The van der Waals surface area contributed by atoms with Crippen molar-refractivity contribution in [3.05, 3.63) is 97.2 Å². The van der Waals surface area contributed by atoms with Crippen molar-refractivity contribution in [2.75, 3.05) is 6.61 Å². The first kappa shape index (κ1) is 62.8. The van der Waals surface area contributed by atoms with Gasteiger partial charge in [-0.2, -0.15) is 0 Å². The van der Waals surface area contributed by atoms with Crippen LogP contribution in [0.1, 0.15) is 245 Å². The highest BCUT2D eigenvalue weighted by Gasteiger charge is 2.24. The Morgan fingerprint density at radius 3 is 1.44 bits per heavy atom. The summed E-state index contributed by atoms with van der Waals surface area (Å²) in [7, 11) is 0. The quantitative estimate of drug-likeness (QED) is 0.0245. The number of aliphatic hydroxyl groups is 2. The van der Waals surface area contributed by atoms with E-state index in [2.05, 4.69) is 99.0 Å². The van der Waals surface area contributed by atoms with Gasteiger partial charge in [0, 0.05) is 6.42 Å². The third-order valence-electron chi connectivity index (χ3n) is 12.0. The van der Waals surface area contributed by atoms with Crippen LogP contribution in [0.3, 0.4) is 0 Å². The van der Waals surface area contributed by atoms with Crippen LogP contribution in [0.2, 0.25) is 0 Å². The Morgan fingerprint density at radius 2 is 0.909 bits per heavy atom. The van der Waals surface area contributed by atoms with Gasteiger partial charge in [-0.3, -0.25) is 9.59 Å². The van der Waals surface area contributed by atoms with Gasteiger partial charge in [-0.05, 0) is 77.0 Å². The van der Waals surface area contributed by atoms with E-state index in [9.17, 15) is 19.8 Å². The molecule has 0 rings (SSSR count). The highest BCUT2D eigenvalue weighted by molar-refractivity contribution is 5.77. The van der Waals surface area contributed by atoms with E-state index in [1.54, 1.807) is 0 Å². The molecule has 66 heavy (non-hydrogen) atoms. The van der Waals surface area contributed by atoms with Gasteiger partial charge < -0.3 is 20.3 Å². The average molecular weight is 918 g/mol. The number of rotatable bonds is 48. The molecule has 0 aromatic heterocycles. The number of ether oxygens (including phenoxy) is 1. The summed E-state index contributed by atoms with van der Waals surface area (Å²) in [6.07, 6.45) is 70.3. The maximum absolute atomic E-state index is 13.2. The molecule has 0 saturated heterocycles. The molecule has 3 N–H and O–H groups in total. The van der Waals surface area contributed by atoms with Crippen molar-refractivity contribution in [3.8, 4) is 0 Å². The Kier molecular flexibility index (Phi) is 50.2. The third kappa shape index (κ3) is 47.3. The summed E-state index contributed by atoms with van der Waals surface area (Å²) >= 11 is 0. The van der Waals surface area contributed by atoms with Crippen molar-refractivity contribution in [2.24, 2.45) is 0 Å². The van der Waals surface area contributed by atoms with Crippen LogP contribution in [-0.4, -0.2) is 46.9 Å². The SMILES string of the molecule is CC/C=C/C/C=C/C/C=C/CCCCCCC(CC(=O)NC(CO)C(O)CCCCCCCCCCCCCCCCC)OC(=O)CCCCCCC/C=C/C=C/C=C/C=C/C=C/CCC. The number of amides is 1. The molecule has 3 unspecified atom stereocenters. The van der Waals surface area contributed by atoms with E-state index in [1.807, 2.05) is 24.3 Å². The minimum Gasteiger partial charge on any atom is -0.462 e. The molecule has 0 radical (unpaired) electrons. The van der Waals surface area contributed by atoms with Crippen LogP contribution in [0.5, 0.6) is 0 Å². The molecule has 0 aliphatic heterocycles. The van der Waals surface area contributed by atoms with Crippen molar-refractivity contribution in [1.82, 2.24) is 5.32 Å². The highest BCUT2D eigenvalue weighted by atomic mass is 16.5. The van der Waals surface area contributed by atoms with E-state index < -0.39 is 18.2 Å². The molecule has 3 atom stereocenters. The number of carbonyl (C=O) groups excluding carboxylic acids is 2. The second-order valence-corrected chi connectivity index (χ2v) is 18.4. The van der Waals surface area contributed by atoms with Gasteiger partial charge in [-0.15, -0.1) is 0 Å². The van der Waals surface area contributed by atoms with Gasteiger partial charge in [0.2, 0.25) is 5.91 Å². The molecule has 378 valence electrons. The lowest BCUT2D eigenvalue weighted by molar-refractivity contribution is -0.151. The molecule has 1 amide bonds. The van der Waals surface area contributed by atoms with Crippen molar-refractivity contribution in [2.45, 2.75) is 264 Å². The minimum atomic E-state index is -0.805. The standard InChI is InChI=1S/C60H103NO5/c1-4-7-10-13-16-19-22-25-28-29-30-32-35-38-41-44-47-50-53-60(65)66-56(51-48-45-42-39-36-33-27-24-21-18-15-12-9-6-3)54-59(64)61-57(55-62)58(63)52-49-46-43-40-37-34-31-26-23-20-17-14-11-8-5-2/h9-10,12-13,16,18-19,21-22,25,27-30,32-33,56-58,62-63H,4-8,11,14-15,17,20,23-24,26,31,34-55H2,1-3H3,(H,61,64)/b12-9+,13-10+,19-16+,21-18+,25-22+,29-28+,32-30+,33-27+. The lowest BCUT2D eigenvalue weighted by Crippen LogP contribution is -2.46. The Bertz CT molecular complexity index is 1310. The maximum Gasteiger partial charge on any atom is 0.306 e. The normalized spacial score (nSPS) is 14.0. The Morgan fingerprint density at radius 1 is 0.470 bits per heavy atom. The topological polar surface area (TPSA) is 95.9 Å². The predicted molar refractivity (Wildman–Crippen MR) is 287 cm³/mol. The van der Waals surface area contributed by atoms with E-state index >= 15 is 0 Å². The van der Waals surface area contributed by atoms with Crippen molar-refractivity contribution in [1.29, 1.82) is 0 Å². The molecule has 0 spiro atoms. The fourth-order valence-corrected chi connectivity index (χ4v) is 7.89. The number of aliphatic hydroxyl groups excluding tert-OH is 2. The Hall–Kier alpha value is -3.22. The zero-order valence-corrected chi connectivity index (χ0v) is 43.0. The molecule has 0 saturated carbocycles. The number of carbonyl (C=O) groups is 2. The first-order valence-electron chi connectivity index (χ1n) is 27.5. The van der Waals surface area contributed by atoms with Crippen molar-refractivity contribution in [3.63, 3.8) is 0 Å². The van der Waals surface area contributed by atoms with E-state index in [0.29, 0.717) is 19.3 Å². The van der Waals surface area contributed by atoms with Crippen LogP contribution in [0.4, 0.5) is 0 Å². The summed E-state index contributed by atoms with van der Waals surface area (Å²) in [5.41, 5.74) is 0. The molecular formula is C60H103NO5. The van der Waals surface area contributed by atoms with Gasteiger partial charge in [-0.1, -0.05) is 253 Å². The first-order valence-corrected chi connectivity index (χ1v) is 27.5. The molecular weight excluding hydrogens is 815 g/mol. The van der Waals surface area contributed by atoms with E-state index in [-0.39, 0.29) is 24.9 Å². The summed E-state index contributed by atoms with van der Waals surface area (Å²) < 4.78 is 5.93. The van der Waals surface area contributed by atoms with Gasteiger partial charge in [0.15, 0.2) is 0 Å². The number of unbranched alkanes of at least 4 members (excludes halogenated alkanes) is 24. The van der Waals surface area contributed by atoms with Gasteiger partial charge >= 0.3 is 5.97 Å². The molecule has 0 heterocycles. The monoisotopic (exact) mass is 918 g/mol. The average Bonchev–Trinajstić information content (AvgIpc) is 3.31. The second-order valence-electron chi connectivity index (χ2n) is 18.4. The lowest BCUT2D eigenvalue weighted by Gasteiger charge is -2.24. The molecule has 6 nitrogen and oxygen atoms in total. The van der Waals surface area contributed by atoms with Crippen LogP contribution in [-0.2, 0) is 14.3 Å². The molecule has 0 aliphatic carbocycles. The molecule has 0 aromatic carbocycles. The Balaban J connectivity index is 4.65.